The van der Waals surface area contributed by atoms with E-state index in [-0.39, 0.29) is 11.9 Å². The van der Waals surface area contributed by atoms with Gasteiger partial charge < -0.3 is 15.2 Å². The van der Waals surface area contributed by atoms with Crippen LogP contribution in [0.3, 0.4) is 0 Å². The Bertz CT molecular complexity index is 828. The summed E-state index contributed by atoms with van der Waals surface area (Å²) < 4.78 is 12.5. The molecule has 2 aliphatic heterocycles. The number of fused-ring (bicyclic) bond motifs is 2. The first-order valence-electron chi connectivity index (χ1n) is 7.23. The van der Waals surface area contributed by atoms with Gasteiger partial charge in [-0.2, -0.15) is 10.5 Å². The van der Waals surface area contributed by atoms with E-state index in [1.807, 2.05) is 31.2 Å². The van der Waals surface area contributed by atoms with Crippen LogP contribution >= 0.6 is 15.9 Å². The van der Waals surface area contributed by atoms with Crippen LogP contribution in [0.1, 0.15) is 18.4 Å². The van der Waals surface area contributed by atoms with Crippen molar-refractivity contribution in [3.05, 3.63) is 34.3 Å². The molecule has 2 heterocycles. The number of nitrogens with zero attached hydrogens (tertiary/aromatic N) is 3. The topological polar surface area (TPSA) is 104 Å². The zero-order chi connectivity index (χ0) is 16.5. The van der Waals surface area contributed by atoms with Gasteiger partial charge in [-0.3, -0.25) is 0 Å². The van der Waals surface area contributed by atoms with Crippen molar-refractivity contribution < 1.29 is 9.47 Å². The largest absolute Gasteiger partial charge is 0.386 e. The van der Waals surface area contributed by atoms with E-state index in [0.717, 1.165) is 10.0 Å². The first kappa shape index (κ1) is 14.6. The molecule has 1 aromatic rings. The molecule has 0 aromatic heterocycles. The standard InChI is InChI=1S/C16H13BrN4O2/c1-9-6-22-16(23-9)15(8-19)12(10-4-2-3-5-11(10)17)14(15,7-18)13(20)21-16/h2-5,9,12H,6H2,1H3,(H2,20,21)/t9-,12-,14-,15-,16-/m1/s1. The molecule has 1 aromatic carbocycles. The highest BCUT2D eigenvalue weighted by atomic mass is 79.9. The Morgan fingerprint density at radius 3 is 2.65 bits per heavy atom. The number of hydrogen-bond donors (Lipinski definition) is 1. The second kappa shape index (κ2) is 4.33. The van der Waals surface area contributed by atoms with Gasteiger partial charge in [0.05, 0.1) is 24.8 Å². The molecule has 1 spiro atoms. The average Bonchev–Trinajstić information content (AvgIpc) is 2.91. The van der Waals surface area contributed by atoms with Gasteiger partial charge in [0.2, 0.25) is 0 Å². The van der Waals surface area contributed by atoms with Gasteiger partial charge in [0.1, 0.15) is 11.3 Å². The lowest BCUT2D eigenvalue weighted by atomic mass is 9.94. The third-order valence-corrected chi connectivity index (χ3v) is 5.74. The molecule has 3 aliphatic rings. The van der Waals surface area contributed by atoms with E-state index in [9.17, 15) is 10.5 Å². The zero-order valence-corrected chi connectivity index (χ0v) is 13.9. The van der Waals surface area contributed by atoms with E-state index >= 15 is 0 Å². The molecule has 1 saturated heterocycles. The molecule has 1 aliphatic carbocycles. The van der Waals surface area contributed by atoms with Crippen LogP contribution in [-0.2, 0) is 9.47 Å². The first-order valence-corrected chi connectivity index (χ1v) is 8.03. The summed E-state index contributed by atoms with van der Waals surface area (Å²) in [4.78, 5) is 4.28. The molecule has 5 atom stereocenters. The number of amidine groups is 1. The number of nitriles is 2. The number of ether oxygens (including phenoxy) is 2. The number of nitrogens with two attached hydrogens (primary N) is 1. The van der Waals surface area contributed by atoms with Crippen molar-refractivity contribution in [3.63, 3.8) is 0 Å². The lowest BCUT2D eigenvalue weighted by Crippen LogP contribution is -2.39. The van der Waals surface area contributed by atoms with E-state index in [2.05, 4.69) is 33.1 Å². The van der Waals surface area contributed by atoms with Crippen LogP contribution < -0.4 is 5.73 Å². The van der Waals surface area contributed by atoms with Crippen molar-refractivity contribution in [2.24, 2.45) is 21.6 Å². The van der Waals surface area contributed by atoms with Gasteiger partial charge in [0, 0.05) is 10.4 Å². The average molecular weight is 373 g/mol. The minimum Gasteiger partial charge on any atom is -0.386 e. The summed E-state index contributed by atoms with van der Waals surface area (Å²) in [5.41, 5.74) is 4.44. The third-order valence-electron chi connectivity index (χ3n) is 5.02. The Labute approximate surface area is 141 Å². The monoisotopic (exact) mass is 372 g/mol. The molecule has 7 heteroatoms. The fourth-order valence-electron chi connectivity index (χ4n) is 4.04. The van der Waals surface area contributed by atoms with Crippen LogP contribution in [0.5, 0.6) is 0 Å². The Kier molecular flexibility index (Phi) is 2.76. The lowest BCUT2D eigenvalue weighted by Gasteiger charge is -2.26. The van der Waals surface area contributed by atoms with Crippen molar-refractivity contribution >= 4 is 21.8 Å². The predicted octanol–water partition coefficient (Wildman–Crippen LogP) is 2.03. The quantitative estimate of drug-likeness (QED) is 0.811. The Hall–Kier alpha value is -1.93. The predicted molar refractivity (Wildman–Crippen MR) is 83.8 cm³/mol. The molecule has 1 saturated carbocycles. The van der Waals surface area contributed by atoms with Crippen LogP contribution in [-0.4, -0.2) is 24.5 Å². The highest BCUT2D eigenvalue weighted by molar-refractivity contribution is 9.10. The third kappa shape index (κ3) is 1.37. The minimum absolute atomic E-state index is 0.108. The number of benzene rings is 1. The minimum atomic E-state index is -1.50. The SMILES string of the molecule is C[C@@H]1CO[C@@]2(N=C(N)[C@@]3(C#N)[C@@H](c4ccccc4Br)[C@@]23C#N)O1. The van der Waals surface area contributed by atoms with Gasteiger partial charge in [-0.15, -0.1) is 0 Å². The Balaban J connectivity index is 1.95. The molecular formula is C16H13BrN4O2. The Morgan fingerprint density at radius 1 is 1.35 bits per heavy atom. The maximum Gasteiger partial charge on any atom is 0.293 e. The van der Waals surface area contributed by atoms with Crippen molar-refractivity contribution in [1.29, 1.82) is 10.5 Å². The van der Waals surface area contributed by atoms with Crippen molar-refractivity contribution in [3.8, 4) is 12.1 Å². The molecule has 116 valence electrons. The van der Waals surface area contributed by atoms with Gasteiger partial charge in [0.15, 0.2) is 5.41 Å². The van der Waals surface area contributed by atoms with Gasteiger partial charge >= 0.3 is 0 Å². The fraction of sp³-hybridized carbons (Fsp3) is 0.438. The highest BCUT2D eigenvalue weighted by Gasteiger charge is 2.94. The van der Waals surface area contributed by atoms with E-state index in [0.29, 0.717) is 6.61 Å². The van der Waals surface area contributed by atoms with E-state index in [1.54, 1.807) is 0 Å². The van der Waals surface area contributed by atoms with Gasteiger partial charge in [0.25, 0.3) is 5.91 Å². The van der Waals surface area contributed by atoms with Crippen molar-refractivity contribution in [2.45, 2.75) is 24.9 Å². The summed E-state index contributed by atoms with van der Waals surface area (Å²) >= 11 is 3.50. The smallest absolute Gasteiger partial charge is 0.293 e. The molecule has 6 nitrogen and oxygen atoms in total. The fourth-order valence-corrected chi connectivity index (χ4v) is 4.55. The summed E-state index contributed by atoms with van der Waals surface area (Å²) in [5, 5.41) is 19.9. The van der Waals surface area contributed by atoms with E-state index in [1.165, 1.54) is 0 Å². The highest BCUT2D eigenvalue weighted by Crippen LogP contribution is 2.82. The van der Waals surface area contributed by atoms with Crippen molar-refractivity contribution in [2.75, 3.05) is 6.61 Å². The zero-order valence-electron chi connectivity index (χ0n) is 12.3. The van der Waals surface area contributed by atoms with Gasteiger partial charge in [-0.1, -0.05) is 34.1 Å². The molecular weight excluding hydrogens is 360 g/mol. The maximum absolute atomic E-state index is 10.0. The number of hydrogen-bond acceptors (Lipinski definition) is 6. The second-order valence-electron chi connectivity index (χ2n) is 6.11. The van der Waals surface area contributed by atoms with Gasteiger partial charge in [-0.05, 0) is 18.6 Å². The number of rotatable bonds is 1. The second-order valence-corrected chi connectivity index (χ2v) is 6.97. The first-order chi connectivity index (χ1) is 11.0. The van der Waals surface area contributed by atoms with Crippen LogP contribution in [0.2, 0.25) is 0 Å². The summed E-state index contributed by atoms with van der Waals surface area (Å²) in [5.74, 6) is -1.85. The van der Waals surface area contributed by atoms with Crippen LogP contribution in [0.15, 0.2) is 33.7 Å². The molecule has 0 amide bonds. The molecule has 23 heavy (non-hydrogen) atoms. The number of halogens is 1. The van der Waals surface area contributed by atoms with Crippen LogP contribution in [0.4, 0.5) is 0 Å². The normalized spacial score (nSPS) is 43.6. The maximum atomic E-state index is 10.0. The summed E-state index contributed by atoms with van der Waals surface area (Å²) in [7, 11) is 0. The summed E-state index contributed by atoms with van der Waals surface area (Å²) in [6, 6.07) is 12.0. The molecule has 4 rings (SSSR count). The molecule has 0 radical (unpaired) electrons. The van der Waals surface area contributed by atoms with E-state index in [4.69, 9.17) is 15.2 Å². The lowest BCUT2D eigenvalue weighted by molar-refractivity contribution is -0.193. The number of aliphatic imine (C=N–C) groups is 1. The van der Waals surface area contributed by atoms with E-state index < -0.39 is 22.7 Å². The van der Waals surface area contributed by atoms with Crippen LogP contribution in [0, 0.1) is 33.5 Å². The molecule has 2 N–H and O–H groups in total. The Morgan fingerprint density at radius 2 is 2.09 bits per heavy atom. The summed E-state index contributed by atoms with van der Waals surface area (Å²) in [6.07, 6.45) is -0.216. The van der Waals surface area contributed by atoms with Crippen molar-refractivity contribution in [1.82, 2.24) is 0 Å². The van der Waals surface area contributed by atoms with Gasteiger partial charge in [-0.25, -0.2) is 4.99 Å². The molecule has 2 fully saturated rings. The summed E-state index contributed by atoms with van der Waals surface area (Å²) in [6.45, 7) is 2.15. The molecule has 0 bridgehead atoms. The molecule has 0 unspecified atom stereocenters. The van der Waals surface area contributed by atoms with Crippen LogP contribution in [0.25, 0.3) is 0 Å².